The van der Waals surface area contributed by atoms with Crippen molar-refractivity contribution in [1.82, 2.24) is 4.98 Å². The molecule has 0 amide bonds. The molecule has 0 saturated heterocycles. The van der Waals surface area contributed by atoms with Gasteiger partial charge in [0, 0.05) is 26.3 Å². The van der Waals surface area contributed by atoms with E-state index < -0.39 is 0 Å². The minimum Gasteiger partial charge on any atom is -0.379 e. The van der Waals surface area contributed by atoms with Gasteiger partial charge in [-0.05, 0) is 25.0 Å². The van der Waals surface area contributed by atoms with Gasteiger partial charge in [-0.15, -0.1) is 0 Å². The Morgan fingerprint density at radius 3 is 2.47 bits per heavy atom. The van der Waals surface area contributed by atoms with Gasteiger partial charge >= 0.3 is 0 Å². The van der Waals surface area contributed by atoms with Gasteiger partial charge in [-0.3, -0.25) is 0 Å². The lowest BCUT2D eigenvalue weighted by Gasteiger charge is -2.22. The molecule has 1 heterocycles. The van der Waals surface area contributed by atoms with Gasteiger partial charge in [0.2, 0.25) is 0 Å². The van der Waals surface area contributed by atoms with Crippen LogP contribution in [0.25, 0.3) is 0 Å². The number of pyridine rings is 1. The monoisotopic (exact) mass is 207 g/mol. The third-order valence-corrected chi connectivity index (χ3v) is 2.59. The summed E-state index contributed by atoms with van der Waals surface area (Å²) in [4.78, 5) is 6.38. The third kappa shape index (κ3) is 3.11. The van der Waals surface area contributed by atoms with Gasteiger partial charge in [0.1, 0.15) is 0 Å². The van der Waals surface area contributed by atoms with E-state index >= 15 is 0 Å². The van der Waals surface area contributed by atoms with Crippen LogP contribution in [0.1, 0.15) is 20.8 Å². The molecule has 1 unspecified atom stereocenters. The normalized spacial score (nSPS) is 12.7. The van der Waals surface area contributed by atoms with Crippen LogP contribution in [0.3, 0.4) is 0 Å². The van der Waals surface area contributed by atoms with E-state index in [0.717, 1.165) is 11.5 Å². The van der Waals surface area contributed by atoms with E-state index in [0.29, 0.717) is 12.0 Å². The molecule has 0 spiro atoms. The summed E-state index contributed by atoms with van der Waals surface area (Å²) < 4.78 is 0. The molecule has 0 radical (unpaired) electrons. The molecule has 84 valence electrons. The molecule has 0 fully saturated rings. The molecule has 1 rings (SSSR count). The van der Waals surface area contributed by atoms with Crippen molar-refractivity contribution in [2.24, 2.45) is 5.92 Å². The summed E-state index contributed by atoms with van der Waals surface area (Å²) in [5, 5.41) is 3.49. The van der Waals surface area contributed by atoms with Crippen LogP contribution in [0.2, 0.25) is 0 Å². The Hall–Kier alpha value is -1.25. The smallest absolute Gasteiger partial charge is 0.151 e. The largest absolute Gasteiger partial charge is 0.379 e. The summed E-state index contributed by atoms with van der Waals surface area (Å²) in [5.74, 6) is 1.60. The van der Waals surface area contributed by atoms with Gasteiger partial charge in [-0.2, -0.15) is 0 Å². The average molecular weight is 207 g/mol. The topological polar surface area (TPSA) is 28.2 Å². The van der Waals surface area contributed by atoms with Crippen molar-refractivity contribution >= 4 is 11.5 Å². The lowest BCUT2D eigenvalue weighted by molar-refractivity contribution is 0.560. The predicted octanol–water partition coefficient (Wildman–Crippen LogP) is 2.60. The first-order valence-corrected chi connectivity index (χ1v) is 5.41. The summed E-state index contributed by atoms with van der Waals surface area (Å²) in [7, 11) is 4.01. The molecule has 0 bridgehead atoms. The number of rotatable bonds is 4. The Labute approximate surface area is 92.5 Å². The Bertz CT molecular complexity index is 307. The number of hydrogen-bond acceptors (Lipinski definition) is 3. The summed E-state index contributed by atoms with van der Waals surface area (Å²) in [6.07, 6.45) is 1.82. The van der Waals surface area contributed by atoms with E-state index in [1.165, 1.54) is 0 Å². The highest BCUT2D eigenvalue weighted by Crippen LogP contribution is 2.22. The van der Waals surface area contributed by atoms with Crippen molar-refractivity contribution in [3.8, 4) is 0 Å². The van der Waals surface area contributed by atoms with Crippen LogP contribution in [0, 0.1) is 5.92 Å². The minimum absolute atomic E-state index is 0.452. The molecular weight excluding hydrogens is 186 g/mol. The number of hydrogen-bond donors (Lipinski definition) is 1. The fourth-order valence-electron chi connectivity index (χ4n) is 1.28. The van der Waals surface area contributed by atoms with Crippen LogP contribution < -0.4 is 10.2 Å². The fraction of sp³-hybridized carbons (Fsp3) is 0.583. The zero-order chi connectivity index (χ0) is 11.4. The van der Waals surface area contributed by atoms with Gasteiger partial charge in [-0.1, -0.05) is 13.8 Å². The first-order valence-electron chi connectivity index (χ1n) is 5.41. The van der Waals surface area contributed by atoms with E-state index in [9.17, 15) is 0 Å². The van der Waals surface area contributed by atoms with Gasteiger partial charge in [0.15, 0.2) is 5.82 Å². The Morgan fingerprint density at radius 2 is 1.93 bits per heavy atom. The first kappa shape index (κ1) is 11.8. The van der Waals surface area contributed by atoms with Crippen LogP contribution in [0.15, 0.2) is 18.3 Å². The minimum atomic E-state index is 0.452. The van der Waals surface area contributed by atoms with Gasteiger partial charge in [0.05, 0.1) is 5.69 Å². The van der Waals surface area contributed by atoms with Crippen LogP contribution >= 0.6 is 0 Å². The Morgan fingerprint density at radius 1 is 1.27 bits per heavy atom. The van der Waals surface area contributed by atoms with Crippen LogP contribution in [-0.2, 0) is 0 Å². The maximum atomic E-state index is 4.35. The van der Waals surface area contributed by atoms with E-state index in [1.807, 2.05) is 31.3 Å². The highest BCUT2D eigenvalue weighted by atomic mass is 15.2. The van der Waals surface area contributed by atoms with Crippen LogP contribution in [0.5, 0.6) is 0 Å². The van der Waals surface area contributed by atoms with Crippen molar-refractivity contribution in [2.75, 3.05) is 24.3 Å². The third-order valence-electron chi connectivity index (χ3n) is 2.59. The molecule has 1 N–H and O–H groups in total. The lowest BCUT2D eigenvalue weighted by Crippen LogP contribution is -2.23. The van der Waals surface area contributed by atoms with Crippen LogP contribution in [0.4, 0.5) is 11.5 Å². The standard InChI is InChI=1S/C12H21N3/c1-9(2)10(3)14-11-7-6-8-13-12(11)15(4)5/h6-10,14H,1-5H3. The molecule has 15 heavy (non-hydrogen) atoms. The van der Waals surface area contributed by atoms with Gasteiger partial charge in [0.25, 0.3) is 0 Å². The molecule has 0 aliphatic heterocycles. The lowest BCUT2D eigenvalue weighted by atomic mass is 10.1. The molecule has 1 aromatic rings. The second kappa shape index (κ2) is 5.01. The molecular formula is C12H21N3. The van der Waals surface area contributed by atoms with Crippen molar-refractivity contribution in [3.05, 3.63) is 18.3 Å². The van der Waals surface area contributed by atoms with Gasteiger partial charge in [-0.25, -0.2) is 4.98 Å². The summed E-state index contributed by atoms with van der Waals surface area (Å²) >= 11 is 0. The summed E-state index contributed by atoms with van der Waals surface area (Å²) in [6.45, 7) is 6.61. The van der Waals surface area contributed by atoms with Crippen molar-refractivity contribution in [2.45, 2.75) is 26.8 Å². The van der Waals surface area contributed by atoms with Crippen molar-refractivity contribution in [1.29, 1.82) is 0 Å². The van der Waals surface area contributed by atoms with E-state index in [2.05, 4.69) is 37.1 Å². The van der Waals surface area contributed by atoms with E-state index in [1.54, 1.807) is 0 Å². The number of nitrogens with zero attached hydrogens (tertiary/aromatic N) is 2. The predicted molar refractivity (Wildman–Crippen MR) is 66.5 cm³/mol. The van der Waals surface area contributed by atoms with Gasteiger partial charge < -0.3 is 10.2 Å². The SMILES string of the molecule is CC(C)C(C)Nc1cccnc1N(C)C. The summed E-state index contributed by atoms with van der Waals surface area (Å²) in [5.41, 5.74) is 1.10. The second-order valence-corrected chi connectivity index (χ2v) is 4.45. The number of nitrogens with one attached hydrogen (secondary N) is 1. The maximum absolute atomic E-state index is 4.35. The quantitative estimate of drug-likeness (QED) is 0.822. The Balaban J connectivity index is 2.84. The molecule has 0 aromatic carbocycles. The molecule has 0 saturated carbocycles. The molecule has 3 nitrogen and oxygen atoms in total. The molecule has 1 aromatic heterocycles. The van der Waals surface area contributed by atoms with E-state index in [4.69, 9.17) is 0 Å². The average Bonchev–Trinajstić information content (AvgIpc) is 2.18. The Kier molecular flexibility index (Phi) is 3.95. The van der Waals surface area contributed by atoms with Crippen molar-refractivity contribution < 1.29 is 0 Å². The molecule has 1 atom stereocenters. The highest BCUT2D eigenvalue weighted by Gasteiger charge is 2.10. The molecule has 0 aliphatic carbocycles. The van der Waals surface area contributed by atoms with E-state index in [-0.39, 0.29) is 0 Å². The highest BCUT2D eigenvalue weighted by molar-refractivity contribution is 5.65. The number of anilines is 2. The summed E-state index contributed by atoms with van der Waals surface area (Å²) in [6, 6.07) is 4.48. The molecule has 0 aliphatic rings. The fourth-order valence-corrected chi connectivity index (χ4v) is 1.28. The molecule has 3 heteroatoms. The first-order chi connectivity index (χ1) is 7.02. The second-order valence-electron chi connectivity index (χ2n) is 4.45. The number of aromatic nitrogens is 1. The van der Waals surface area contributed by atoms with Crippen molar-refractivity contribution in [3.63, 3.8) is 0 Å². The zero-order valence-electron chi connectivity index (χ0n) is 10.3. The zero-order valence-corrected chi connectivity index (χ0v) is 10.3. The maximum Gasteiger partial charge on any atom is 0.151 e. The van der Waals surface area contributed by atoms with Crippen LogP contribution in [-0.4, -0.2) is 25.1 Å².